The van der Waals surface area contributed by atoms with Gasteiger partial charge < -0.3 is 14.8 Å². The molecule has 0 aromatic carbocycles. The Bertz CT molecular complexity index is 424. The standard InChI is InChI=1S/C14H24N4/c1-3-14-16-12-9-15-7-6-13(12)18(14)11-5-4-8-17(2)10-11/h11,15H,3-10H2,1-2H3. The summed E-state index contributed by atoms with van der Waals surface area (Å²) in [5.41, 5.74) is 2.80. The average molecular weight is 248 g/mol. The van der Waals surface area contributed by atoms with Crippen LogP contribution >= 0.6 is 0 Å². The summed E-state index contributed by atoms with van der Waals surface area (Å²) in [7, 11) is 2.24. The molecule has 0 amide bonds. The van der Waals surface area contributed by atoms with E-state index in [0.29, 0.717) is 6.04 Å². The zero-order chi connectivity index (χ0) is 12.5. The largest absolute Gasteiger partial charge is 0.327 e. The highest BCUT2D eigenvalue weighted by atomic mass is 15.2. The molecule has 1 unspecified atom stereocenters. The summed E-state index contributed by atoms with van der Waals surface area (Å²) < 4.78 is 2.58. The number of likely N-dealkylation sites (N-methyl/N-ethyl adjacent to an activating group) is 1. The molecule has 2 aliphatic heterocycles. The van der Waals surface area contributed by atoms with Crippen molar-refractivity contribution in [2.75, 3.05) is 26.7 Å². The number of aryl methyl sites for hydroxylation is 1. The normalized spacial score (nSPS) is 25.1. The first-order valence-electron chi connectivity index (χ1n) is 7.27. The molecule has 4 heteroatoms. The lowest BCUT2D eigenvalue weighted by Crippen LogP contribution is -2.35. The van der Waals surface area contributed by atoms with Crippen LogP contribution in [0.5, 0.6) is 0 Å². The van der Waals surface area contributed by atoms with Gasteiger partial charge in [-0.3, -0.25) is 0 Å². The zero-order valence-corrected chi connectivity index (χ0v) is 11.6. The van der Waals surface area contributed by atoms with Crippen molar-refractivity contribution in [1.82, 2.24) is 19.8 Å². The van der Waals surface area contributed by atoms with Crippen molar-refractivity contribution in [2.24, 2.45) is 0 Å². The minimum atomic E-state index is 0.646. The first-order valence-corrected chi connectivity index (χ1v) is 7.27. The van der Waals surface area contributed by atoms with Gasteiger partial charge in [-0.15, -0.1) is 0 Å². The Morgan fingerprint density at radius 1 is 1.44 bits per heavy atom. The monoisotopic (exact) mass is 248 g/mol. The molecule has 4 nitrogen and oxygen atoms in total. The molecule has 0 aliphatic carbocycles. The van der Waals surface area contributed by atoms with Crippen LogP contribution in [0.1, 0.15) is 43.0 Å². The van der Waals surface area contributed by atoms with Gasteiger partial charge in [-0.25, -0.2) is 4.98 Å². The number of hydrogen-bond acceptors (Lipinski definition) is 3. The Morgan fingerprint density at radius 2 is 2.33 bits per heavy atom. The van der Waals surface area contributed by atoms with E-state index in [2.05, 4.69) is 28.8 Å². The molecule has 1 N–H and O–H groups in total. The number of hydrogen-bond donors (Lipinski definition) is 1. The SMILES string of the molecule is CCc1nc2c(n1C1CCCN(C)C1)CCNC2. The third-order valence-electron chi connectivity index (χ3n) is 4.28. The van der Waals surface area contributed by atoms with Crippen molar-refractivity contribution in [2.45, 2.75) is 45.2 Å². The van der Waals surface area contributed by atoms with Gasteiger partial charge >= 0.3 is 0 Å². The van der Waals surface area contributed by atoms with Crippen LogP contribution in [0.15, 0.2) is 0 Å². The summed E-state index contributed by atoms with van der Waals surface area (Å²) in [6.07, 6.45) is 4.82. The maximum absolute atomic E-state index is 4.85. The van der Waals surface area contributed by atoms with Gasteiger partial charge in [0.05, 0.1) is 5.69 Å². The van der Waals surface area contributed by atoms with E-state index in [9.17, 15) is 0 Å². The number of nitrogens with zero attached hydrogens (tertiary/aromatic N) is 3. The molecule has 100 valence electrons. The topological polar surface area (TPSA) is 33.1 Å². The second-order valence-corrected chi connectivity index (χ2v) is 5.63. The smallest absolute Gasteiger partial charge is 0.109 e. The van der Waals surface area contributed by atoms with Gasteiger partial charge in [-0.2, -0.15) is 0 Å². The van der Waals surface area contributed by atoms with Crippen LogP contribution < -0.4 is 5.32 Å². The molecule has 0 radical (unpaired) electrons. The maximum Gasteiger partial charge on any atom is 0.109 e. The fourth-order valence-corrected chi connectivity index (χ4v) is 3.42. The zero-order valence-electron chi connectivity index (χ0n) is 11.6. The Morgan fingerprint density at radius 3 is 3.11 bits per heavy atom. The Labute approximate surface area is 109 Å². The van der Waals surface area contributed by atoms with Crippen molar-refractivity contribution in [3.63, 3.8) is 0 Å². The van der Waals surface area contributed by atoms with Crippen molar-refractivity contribution < 1.29 is 0 Å². The Balaban J connectivity index is 1.96. The number of fused-ring (bicyclic) bond motifs is 1. The lowest BCUT2D eigenvalue weighted by molar-refractivity contribution is 0.207. The molecule has 3 rings (SSSR count). The van der Waals surface area contributed by atoms with Gasteiger partial charge in [0.25, 0.3) is 0 Å². The van der Waals surface area contributed by atoms with E-state index >= 15 is 0 Å². The van der Waals surface area contributed by atoms with Gasteiger partial charge in [0, 0.05) is 44.2 Å². The van der Waals surface area contributed by atoms with Crippen molar-refractivity contribution in [1.29, 1.82) is 0 Å². The second kappa shape index (κ2) is 5.02. The van der Waals surface area contributed by atoms with Crippen LogP contribution in [0.3, 0.4) is 0 Å². The van der Waals surface area contributed by atoms with E-state index in [0.717, 1.165) is 25.9 Å². The third-order valence-corrected chi connectivity index (χ3v) is 4.28. The van der Waals surface area contributed by atoms with Crippen molar-refractivity contribution in [3.05, 3.63) is 17.2 Å². The predicted molar refractivity (Wildman–Crippen MR) is 72.8 cm³/mol. The molecule has 0 spiro atoms. The first-order chi connectivity index (χ1) is 8.79. The molecule has 1 saturated heterocycles. The summed E-state index contributed by atoms with van der Waals surface area (Å²) in [5.74, 6) is 1.30. The second-order valence-electron chi connectivity index (χ2n) is 5.63. The van der Waals surface area contributed by atoms with Crippen molar-refractivity contribution >= 4 is 0 Å². The summed E-state index contributed by atoms with van der Waals surface area (Å²) in [6, 6.07) is 0.646. The number of nitrogens with one attached hydrogen (secondary N) is 1. The highest BCUT2D eigenvalue weighted by molar-refractivity contribution is 5.21. The highest BCUT2D eigenvalue weighted by Crippen LogP contribution is 2.27. The summed E-state index contributed by atoms with van der Waals surface area (Å²) in [5, 5.41) is 3.43. The fraction of sp³-hybridized carbons (Fsp3) is 0.786. The van der Waals surface area contributed by atoms with Crippen LogP contribution in [-0.2, 0) is 19.4 Å². The van der Waals surface area contributed by atoms with Gasteiger partial charge in [0.2, 0.25) is 0 Å². The molecule has 2 aliphatic rings. The van der Waals surface area contributed by atoms with E-state index in [1.54, 1.807) is 0 Å². The number of likely N-dealkylation sites (tertiary alicyclic amines) is 1. The average Bonchev–Trinajstić information content (AvgIpc) is 2.77. The van der Waals surface area contributed by atoms with E-state index in [-0.39, 0.29) is 0 Å². The van der Waals surface area contributed by atoms with Crippen LogP contribution in [0.25, 0.3) is 0 Å². The van der Waals surface area contributed by atoms with Gasteiger partial charge in [-0.1, -0.05) is 6.92 Å². The van der Waals surface area contributed by atoms with Crippen LogP contribution in [-0.4, -0.2) is 41.1 Å². The van der Waals surface area contributed by atoms with Gasteiger partial charge in [0.15, 0.2) is 0 Å². The van der Waals surface area contributed by atoms with Gasteiger partial charge in [-0.05, 0) is 26.4 Å². The van der Waals surface area contributed by atoms with Crippen LogP contribution in [0.4, 0.5) is 0 Å². The Hall–Kier alpha value is -0.870. The molecular weight excluding hydrogens is 224 g/mol. The van der Waals surface area contributed by atoms with E-state index in [1.807, 2.05) is 0 Å². The van der Waals surface area contributed by atoms with Gasteiger partial charge in [0.1, 0.15) is 5.82 Å². The summed E-state index contributed by atoms with van der Waals surface area (Å²) >= 11 is 0. The Kier molecular flexibility index (Phi) is 3.39. The molecule has 0 saturated carbocycles. The fourth-order valence-electron chi connectivity index (χ4n) is 3.42. The minimum Gasteiger partial charge on any atom is -0.327 e. The molecule has 1 aromatic rings. The van der Waals surface area contributed by atoms with E-state index < -0.39 is 0 Å². The van der Waals surface area contributed by atoms with E-state index in [4.69, 9.17) is 4.98 Å². The molecule has 1 atom stereocenters. The summed E-state index contributed by atoms with van der Waals surface area (Å²) in [4.78, 5) is 7.31. The summed E-state index contributed by atoms with van der Waals surface area (Å²) in [6.45, 7) is 6.71. The molecule has 0 bridgehead atoms. The first kappa shape index (κ1) is 12.2. The highest BCUT2D eigenvalue weighted by Gasteiger charge is 2.26. The lowest BCUT2D eigenvalue weighted by atomic mass is 10.0. The maximum atomic E-state index is 4.85. The number of imidazole rings is 1. The molecule has 3 heterocycles. The number of rotatable bonds is 2. The predicted octanol–water partition coefficient (Wildman–Crippen LogP) is 1.36. The van der Waals surface area contributed by atoms with E-state index in [1.165, 1.54) is 43.1 Å². The minimum absolute atomic E-state index is 0.646. The molecule has 1 fully saturated rings. The lowest BCUT2D eigenvalue weighted by Gasteiger charge is -2.33. The third kappa shape index (κ3) is 2.08. The number of piperidine rings is 1. The molecule has 18 heavy (non-hydrogen) atoms. The van der Waals surface area contributed by atoms with Crippen LogP contribution in [0, 0.1) is 0 Å². The molecule has 1 aromatic heterocycles. The molecular formula is C14H24N4. The van der Waals surface area contributed by atoms with Crippen molar-refractivity contribution in [3.8, 4) is 0 Å². The quantitative estimate of drug-likeness (QED) is 0.858. The number of aromatic nitrogens is 2. The van der Waals surface area contributed by atoms with Crippen LogP contribution in [0.2, 0.25) is 0 Å².